The first-order chi connectivity index (χ1) is 11.3. The van der Waals surface area contributed by atoms with Crippen molar-refractivity contribution >= 4 is 34.1 Å². The summed E-state index contributed by atoms with van der Waals surface area (Å²) < 4.78 is 0.818. The second kappa shape index (κ2) is 7.79. The molecule has 1 aliphatic rings. The van der Waals surface area contributed by atoms with Crippen LogP contribution in [0.5, 0.6) is 0 Å². The van der Waals surface area contributed by atoms with Gasteiger partial charge in [0.25, 0.3) is 0 Å². The maximum atomic E-state index is 12.3. The van der Waals surface area contributed by atoms with Gasteiger partial charge >= 0.3 is 0 Å². The highest BCUT2D eigenvalue weighted by atomic mass is 32.2. The van der Waals surface area contributed by atoms with Gasteiger partial charge in [0, 0.05) is 6.54 Å². The fourth-order valence-corrected chi connectivity index (χ4v) is 4.03. The second-order valence-electron chi connectivity index (χ2n) is 5.49. The lowest BCUT2D eigenvalue weighted by Crippen LogP contribution is -2.31. The number of anilines is 1. The van der Waals surface area contributed by atoms with E-state index in [1.807, 2.05) is 25.1 Å². The van der Waals surface area contributed by atoms with Gasteiger partial charge in [-0.2, -0.15) is 0 Å². The molecule has 1 saturated carbocycles. The molecule has 0 spiro atoms. The van der Waals surface area contributed by atoms with Crippen molar-refractivity contribution in [3.05, 3.63) is 35.9 Å². The number of hydrogen-bond donors (Lipinski definition) is 2. The first-order valence-corrected chi connectivity index (χ1v) is 9.61. The van der Waals surface area contributed by atoms with Crippen molar-refractivity contribution in [1.82, 2.24) is 15.5 Å². The summed E-state index contributed by atoms with van der Waals surface area (Å²) in [5, 5.41) is 15.2. The van der Waals surface area contributed by atoms with E-state index in [0.717, 1.165) is 16.0 Å². The third-order valence-electron chi connectivity index (χ3n) is 3.63. The number of nitrogens with one attached hydrogen (secondary N) is 2. The zero-order chi connectivity index (χ0) is 16.1. The molecule has 23 heavy (non-hydrogen) atoms. The summed E-state index contributed by atoms with van der Waals surface area (Å²) in [6, 6.07) is 10.4. The number of rotatable bonds is 8. The van der Waals surface area contributed by atoms with E-state index in [1.165, 1.54) is 41.5 Å². The molecular formula is C16H20N4OS2. The largest absolute Gasteiger partial charge is 0.360 e. The molecule has 1 amide bonds. The van der Waals surface area contributed by atoms with E-state index in [-0.39, 0.29) is 11.9 Å². The van der Waals surface area contributed by atoms with Gasteiger partial charge in [-0.25, -0.2) is 0 Å². The van der Waals surface area contributed by atoms with Crippen LogP contribution in [0.4, 0.5) is 5.13 Å². The molecule has 1 aromatic carbocycles. The van der Waals surface area contributed by atoms with Crippen molar-refractivity contribution in [2.75, 3.05) is 17.6 Å². The topological polar surface area (TPSA) is 66.9 Å². The van der Waals surface area contributed by atoms with E-state index in [4.69, 9.17) is 0 Å². The number of nitrogens with zero attached hydrogens (tertiary/aromatic N) is 2. The first kappa shape index (κ1) is 16.3. The van der Waals surface area contributed by atoms with E-state index < -0.39 is 0 Å². The quantitative estimate of drug-likeness (QED) is 0.716. The van der Waals surface area contributed by atoms with Crippen molar-refractivity contribution < 1.29 is 4.79 Å². The highest BCUT2D eigenvalue weighted by molar-refractivity contribution is 8.01. The van der Waals surface area contributed by atoms with Gasteiger partial charge in [0.15, 0.2) is 4.34 Å². The summed E-state index contributed by atoms with van der Waals surface area (Å²) in [6.07, 6.45) is 2.38. The lowest BCUT2D eigenvalue weighted by Gasteiger charge is -2.18. The number of aromatic nitrogens is 2. The van der Waals surface area contributed by atoms with E-state index in [1.54, 1.807) is 0 Å². The number of benzene rings is 1. The molecular weight excluding hydrogens is 328 g/mol. The molecule has 2 aromatic rings. The Kier molecular flexibility index (Phi) is 5.51. The molecule has 0 radical (unpaired) electrons. The van der Waals surface area contributed by atoms with Crippen molar-refractivity contribution in [3.63, 3.8) is 0 Å². The predicted octanol–water partition coefficient (Wildman–Crippen LogP) is 3.33. The third-order valence-corrected chi connectivity index (χ3v) is 5.64. The van der Waals surface area contributed by atoms with Crippen molar-refractivity contribution in [3.8, 4) is 0 Å². The molecule has 1 unspecified atom stereocenters. The molecule has 2 N–H and O–H groups in total. The van der Waals surface area contributed by atoms with E-state index in [0.29, 0.717) is 11.7 Å². The maximum Gasteiger partial charge on any atom is 0.230 e. The Morgan fingerprint density at radius 1 is 1.35 bits per heavy atom. The van der Waals surface area contributed by atoms with Crippen molar-refractivity contribution in [2.24, 2.45) is 5.92 Å². The van der Waals surface area contributed by atoms with E-state index >= 15 is 0 Å². The second-order valence-corrected chi connectivity index (χ2v) is 7.69. The van der Waals surface area contributed by atoms with Crippen LogP contribution >= 0.6 is 23.1 Å². The summed E-state index contributed by atoms with van der Waals surface area (Å²) in [5.41, 5.74) is 1.19. The van der Waals surface area contributed by atoms with E-state index in [9.17, 15) is 4.79 Å². The minimum absolute atomic E-state index is 0.0518. The molecule has 1 aliphatic carbocycles. The SMILES string of the molecule is CCNc1nnc(SCC(=O)NC(c2ccccc2)C2CC2)s1. The average Bonchev–Trinajstić information content (AvgIpc) is 3.32. The molecule has 3 rings (SSSR count). The van der Waals surface area contributed by atoms with Crippen LogP contribution in [-0.4, -0.2) is 28.4 Å². The van der Waals surface area contributed by atoms with Gasteiger partial charge in [0.2, 0.25) is 11.0 Å². The van der Waals surface area contributed by atoms with Crippen LogP contribution in [0.2, 0.25) is 0 Å². The molecule has 1 heterocycles. The normalized spacial score (nSPS) is 15.2. The molecule has 0 bridgehead atoms. The summed E-state index contributed by atoms with van der Waals surface area (Å²) in [7, 11) is 0. The minimum Gasteiger partial charge on any atom is -0.360 e. The summed E-state index contributed by atoms with van der Waals surface area (Å²) in [4.78, 5) is 12.3. The van der Waals surface area contributed by atoms with Crippen LogP contribution in [0.15, 0.2) is 34.7 Å². The van der Waals surface area contributed by atoms with Crippen LogP contribution in [0, 0.1) is 5.92 Å². The molecule has 1 fully saturated rings. The van der Waals surface area contributed by atoms with Crippen molar-refractivity contribution in [1.29, 1.82) is 0 Å². The number of carbonyl (C=O) groups excluding carboxylic acids is 1. The number of carbonyl (C=O) groups is 1. The highest BCUT2D eigenvalue weighted by Crippen LogP contribution is 2.41. The van der Waals surface area contributed by atoms with Crippen LogP contribution in [0.1, 0.15) is 31.4 Å². The Hall–Kier alpha value is -1.60. The molecule has 1 atom stereocenters. The highest BCUT2D eigenvalue weighted by Gasteiger charge is 2.33. The Balaban J connectivity index is 1.53. The van der Waals surface area contributed by atoms with Crippen molar-refractivity contribution in [2.45, 2.75) is 30.1 Å². The van der Waals surface area contributed by atoms with Gasteiger partial charge in [-0.05, 0) is 31.2 Å². The Bertz CT molecular complexity index is 643. The number of hydrogen-bond acceptors (Lipinski definition) is 6. The lowest BCUT2D eigenvalue weighted by atomic mass is 10.0. The van der Waals surface area contributed by atoms with Gasteiger partial charge in [-0.3, -0.25) is 4.79 Å². The third kappa shape index (κ3) is 4.68. The fraction of sp³-hybridized carbons (Fsp3) is 0.438. The van der Waals surface area contributed by atoms with Crippen LogP contribution in [0.3, 0.4) is 0 Å². The zero-order valence-corrected chi connectivity index (χ0v) is 14.6. The lowest BCUT2D eigenvalue weighted by molar-refractivity contribution is -0.119. The van der Waals surface area contributed by atoms with Gasteiger partial charge < -0.3 is 10.6 Å². The molecule has 7 heteroatoms. The smallest absolute Gasteiger partial charge is 0.230 e. The Labute approximate surface area is 144 Å². The molecule has 1 aromatic heterocycles. The van der Waals surface area contributed by atoms with Gasteiger partial charge in [0.05, 0.1) is 11.8 Å². The van der Waals surface area contributed by atoms with Gasteiger partial charge in [0.1, 0.15) is 0 Å². The Morgan fingerprint density at radius 2 is 2.13 bits per heavy atom. The average molecular weight is 348 g/mol. The van der Waals surface area contributed by atoms with Crippen LogP contribution in [-0.2, 0) is 4.79 Å². The fourth-order valence-electron chi connectivity index (χ4n) is 2.40. The van der Waals surface area contributed by atoms with Gasteiger partial charge in [-0.15, -0.1) is 10.2 Å². The molecule has 0 saturated heterocycles. The zero-order valence-electron chi connectivity index (χ0n) is 13.0. The molecule has 122 valence electrons. The number of amides is 1. The standard InChI is InChI=1S/C16H20N4OS2/c1-2-17-15-19-20-16(23-15)22-10-13(21)18-14(12-8-9-12)11-6-4-3-5-7-11/h3-7,12,14H,2,8-10H2,1H3,(H,17,19)(H,18,21). The maximum absolute atomic E-state index is 12.3. The summed E-state index contributed by atoms with van der Waals surface area (Å²) in [5.74, 6) is 1.00. The first-order valence-electron chi connectivity index (χ1n) is 7.80. The van der Waals surface area contributed by atoms with Crippen LogP contribution < -0.4 is 10.6 Å². The molecule has 5 nitrogen and oxygen atoms in total. The number of thioether (sulfide) groups is 1. The monoisotopic (exact) mass is 348 g/mol. The Morgan fingerprint density at radius 3 is 2.83 bits per heavy atom. The minimum atomic E-state index is 0.0518. The van der Waals surface area contributed by atoms with E-state index in [2.05, 4.69) is 33.0 Å². The summed E-state index contributed by atoms with van der Waals surface area (Å²) in [6.45, 7) is 2.84. The summed E-state index contributed by atoms with van der Waals surface area (Å²) >= 11 is 2.92. The van der Waals surface area contributed by atoms with Gasteiger partial charge in [-0.1, -0.05) is 53.4 Å². The molecule has 0 aliphatic heterocycles. The predicted molar refractivity (Wildman–Crippen MR) is 94.8 cm³/mol. The van der Waals surface area contributed by atoms with Crippen LogP contribution in [0.25, 0.3) is 0 Å².